The Hall–Kier alpha value is -3.05. The number of nitrogens with one attached hydrogen (secondary N) is 2. The number of sulfonamides is 1. The molecule has 0 radical (unpaired) electrons. The first-order chi connectivity index (χ1) is 16.4. The van der Waals surface area contributed by atoms with E-state index in [0.29, 0.717) is 29.9 Å². The number of carbonyl (C=O) groups excluding carboxylic acids is 1. The second kappa shape index (κ2) is 9.30. The Morgan fingerprint density at radius 3 is 2.71 bits per heavy atom. The number of fused-ring (bicyclic) bond motifs is 3. The summed E-state index contributed by atoms with van der Waals surface area (Å²) in [7, 11) is -3.74. The van der Waals surface area contributed by atoms with E-state index in [4.69, 9.17) is 0 Å². The molecule has 0 fully saturated rings. The molecule has 2 aromatic heterocycles. The van der Waals surface area contributed by atoms with Gasteiger partial charge in [-0.3, -0.25) is 23.9 Å². The van der Waals surface area contributed by atoms with Crippen LogP contribution < -0.4 is 15.6 Å². The highest BCUT2D eigenvalue weighted by Gasteiger charge is 2.22. The molecule has 2 N–H and O–H groups in total. The van der Waals surface area contributed by atoms with Crippen molar-refractivity contribution in [2.45, 2.75) is 56.4 Å². The van der Waals surface area contributed by atoms with Gasteiger partial charge in [0.25, 0.3) is 15.6 Å². The quantitative estimate of drug-likeness (QED) is 0.559. The van der Waals surface area contributed by atoms with Gasteiger partial charge >= 0.3 is 0 Å². The highest BCUT2D eigenvalue weighted by atomic mass is 32.2. The van der Waals surface area contributed by atoms with Crippen LogP contribution >= 0.6 is 11.3 Å². The molecule has 3 aromatic rings. The van der Waals surface area contributed by atoms with Crippen LogP contribution in [0.1, 0.15) is 42.5 Å². The lowest BCUT2D eigenvalue weighted by Crippen LogP contribution is -2.30. The van der Waals surface area contributed by atoms with Crippen LogP contribution in [0.25, 0.3) is 10.2 Å². The maximum Gasteiger partial charge on any atom is 0.262 e. The van der Waals surface area contributed by atoms with Crippen molar-refractivity contribution >= 4 is 49.0 Å². The van der Waals surface area contributed by atoms with Crippen LogP contribution in [0.3, 0.4) is 0 Å². The Morgan fingerprint density at radius 1 is 1.06 bits per heavy atom. The van der Waals surface area contributed by atoms with E-state index < -0.39 is 15.9 Å². The Balaban J connectivity index is 1.26. The summed E-state index contributed by atoms with van der Waals surface area (Å²) < 4.78 is 29.2. The predicted octanol–water partition coefficient (Wildman–Crippen LogP) is 2.84. The van der Waals surface area contributed by atoms with Crippen LogP contribution in [-0.2, 0) is 34.2 Å². The van der Waals surface area contributed by atoms with Crippen LogP contribution in [0.4, 0.5) is 5.69 Å². The number of amides is 1. The molecular formula is C23H25N5O4S2. The van der Waals surface area contributed by atoms with Gasteiger partial charge < -0.3 is 5.32 Å². The number of amidine groups is 1. The summed E-state index contributed by atoms with van der Waals surface area (Å²) in [5, 5.41) is 3.35. The largest absolute Gasteiger partial charge is 0.325 e. The minimum atomic E-state index is -3.74. The number of nitrogens with zero attached hydrogens (tertiary/aromatic N) is 3. The fourth-order valence-corrected chi connectivity index (χ4v) is 6.68. The Morgan fingerprint density at radius 2 is 1.88 bits per heavy atom. The topological polar surface area (TPSA) is 123 Å². The monoisotopic (exact) mass is 499 g/mol. The van der Waals surface area contributed by atoms with Crippen LogP contribution in [0.15, 0.2) is 45.3 Å². The van der Waals surface area contributed by atoms with Crippen LogP contribution in [0, 0.1) is 0 Å². The first kappa shape index (κ1) is 22.7. The highest BCUT2D eigenvalue weighted by molar-refractivity contribution is 7.90. The molecule has 0 bridgehead atoms. The van der Waals surface area contributed by atoms with E-state index in [1.807, 2.05) is 0 Å². The first-order valence-corrected chi connectivity index (χ1v) is 13.7. The molecule has 0 saturated carbocycles. The number of aromatic nitrogens is 2. The second-order valence-corrected chi connectivity index (χ2v) is 11.3. The summed E-state index contributed by atoms with van der Waals surface area (Å²) >= 11 is 1.56. The standard InChI is InChI=1S/C23H25N5O4S2/c29-20(13-28-14-25-22-21(23(28)30)17-5-4-6-18(17)33-22)26-15-8-10-16(11-9-15)34(31,32)27-19-7-2-1-3-12-24-19/h8-11,14H,1-7,12-13H2,(H,24,27)(H,26,29). The van der Waals surface area contributed by atoms with Crippen molar-refractivity contribution < 1.29 is 13.2 Å². The molecule has 2 aliphatic rings. The molecule has 3 heterocycles. The summed E-state index contributed by atoms with van der Waals surface area (Å²) in [6, 6.07) is 5.92. The third-order valence-corrected chi connectivity index (χ3v) is 8.68. The molecule has 34 heavy (non-hydrogen) atoms. The van der Waals surface area contributed by atoms with Gasteiger partial charge in [0.05, 0.1) is 16.6 Å². The number of rotatable bonds is 5. The summed E-state index contributed by atoms with van der Waals surface area (Å²) in [5.41, 5.74) is 1.32. The van der Waals surface area contributed by atoms with Crippen LogP contribution in [-0.4, -0.2) is 36.3 Å². The zero-order chi connectivity index (χ0) is 23.7. The number of aliphatic imine (C=N–C) groups is 1. The molecule has 0 atom stereocenters. The summed E-state index contributed by atoms with van der Waals surface area (Å²) in [5.74, 6) is 0.0961. The van der Waals surface area contributed by atoms with E-state index in [9.17, 15) is 18.0 Å². The number of carbonyl (C=O) groups is 1. The van der Waals surface area contributed by atoms with Gasteiger partial charge in [-0.1, -0.05) is 6.42 Å². The lowest BCUT2D eigenvalue weighted by atomic mass is 10.2. The number of thiophene rings is 1. The third-order valence-electron chi connectivity index (χ3n) is 6.08. The van der Waals surface area contributed by atoms with Crippen molar-refractivity contribution in [2.75, 3.05) is 11.9 Å². The van der Waals surface area contributed by atoms with Gasteiger partial charge in [-0.15, -0.1) is 11.3 Å². The number of anilines is 1. The van der Waals surface area contributed by atoms with E-state index >= 15 is 0 Å². The SMILES string of the molecule is O=C(Cn1cnc2sc3c(c2c1=O)CCC3)Nc1ccc(S(=O)(=O)NC2=NCCCCC2)cc1. The van der Waals surface area contributed by atoms with Crippen molar-refractivity contribution in [2.24, 2.45) is 4.99 Å². The minimum absolute atomic E-state index is 0.0923. The number of hydrogen-bond acceptors (Lipinski definition) is 7. The van der Waals surface area contributed by atoms with Crippen molar-refractivity contribution in [1.82, 2.24) is 14.3 Å². The highest BCUT2D eigenvalue weighted by Crippen LogP contribution is 2.34. The zero-order valence-electron chi connectivity index (χ0n) is 18.5. The molecule has 11 heteroatoms. The van der Waals surface area contributed by atoms with Gasteiger partial charge in [0.15, 0.2) is 0 Å². The molecular weight excluding hydrogens is 474 g/mol. The Kier molecular flexibility index (Phi) is 6.22. The first-order valence-electron chi connectivity index (χ1n) is 11.4. The molecule has 0 saturated heterocycles. The molecule has 1 aromatic carbocycles. The van der Waals surface area contributed by atoms with E-state index in [1.165, 1.54) is 40.0 Å². The van der Waals surface area contributed by atoms with Gasteiger partial charge in [-0.25, -0.2) is 13.4 Å². The molecule has 5 rings (SSSR count). The van der Waals surface area contributed by atoms with Gasteiger partial charge in [0.1, 0.15) is 17.2 Å². The number of hydrogen-bond donors (Lipinski definition) is 2. The molecule has 0 unspecified atom stereocenters. The molecule has 9 nitrogen and oxygen atoms in total. The van der Waals surface area contributed by atoms with Crippen molar-refractivity contribution in [3.8, 4) is 0 Å². The van der Waals surface area contributed by atoms with Crippen molar-refractivity contribution in [3.05, 3.63) is 51.4 Å². The lowest BCUT2D eigenvalue weighted by molar-refractivity contribution is -0.116. The average molecular weight is 500 g/mol. The van der Waals surface area contributed by atoms with E-state index in [0.717, 1.165) is 48.9 Å². The lowest BCUT2D eigenvalue weighted by Gasteiger charge is -2.11. The molecule has 0 spiro atoms. The second-order valence-electron chi connectivity index (χ2n) is 8.53. The zero-order valence-corrected chi connectivity index (χ0v) is 20.2. The Labute approximate surface area is 201 Å². The maximum absolute atomic E-state index is 12.9. The van der Waals surface area contributed by atoms with E-state index in [2.05, 4.69) is 20.0 Å². The minimum Gasteiger partial charge on any atom is -0.325 e. The summed E-state index contributed by atoms with van der Waals surface area (Å²) in [6.07, 6.45) is 7.83. The number of benzene rings is 1. The van der Waals surface area contributed by atoms with Crippen molar-refractivity contribution in [1.29, 1.82) is 0 Å². The third kappa shape index (κ3) is 4.62. The average Bonchev–Trinajstić information content (AvgIpc) is 3.30. The summed E-state index contributed by atoms with van der Waals surface area (Å²) in [4.78, 5) is 36.2. The van der Waals surface area contributed by atoms with E-state index in [1.54, 1.807) is 11.3 Å². The fraction of sp³-hybridized carbons (Fsp3) is 0.391. The van der Waals surface area contributed by atoms with Crippen LogP contribution in [0.5, 0.6) is 0 Å². The van der Waals surface area contributed by atoms with Crippen LogP contribution in [0.2, 0.25) is 0 Å². The number of aryl methyl sites for hydroxylation is 2. The maximum atomic E-state index is 12.9. The smallest absolute Gasteiger partial charge is 0.262 e. The van der Waals surface area contributed by atoms with E-state index in [-0.39, 0.29) is 17.0 Å². The molecule has 1 aliphatic heterocycles. The summed E-state index contributed by atoms with van der Waals surface area (Å²) in [6.45, 7) is 0.455. The molecule has 1 amide bonds. The van der Waals surface area contributed by atoms with Crippen molar-refractivity contribution in [3.63, 3.8) is 0 Å². The molecule has 1 aliphatic carbocycles. The van der Waals surface area contributed by atoms with Gasteiger partial charge in [0.2, 0.25) is 5.91 Å². The van der Waals surface area contributed by atoms with Gasteiger partial charge in [0, 0.05) is 23.5 Å². The fourth-order valence-electron chi connectivity index (χ4n) is 4.38. The normalized spacial score (nSPS) is 16.1. The Bertz CT molecular complexity index is 1440. The van der Waals surface area contributed by atoms with Gasteiger partial charge in [-0.2, -0.15) is 0 Å². The predicted molar refractivity (Wildman–Crippen MR) is 132 cm³/mol. The molecule has 178 valence electrons. The van der Waals surface area contributed by atoms with Gasteiger partial charge in [-0.05, 0) is 61.9 Å².